The predicted molar refractivity (Wildman–Crippen MR) is 56.1 cm³/mol. The molecule has 1 fully saturated rings. The molecule has 1 rings (SSSR count). The van der Waals surface area contributed by atoms with Gasteiger partial charge in [0, 0.05) is 13.0 Å². The maximum Gasteiger partial charge on any atom is 0.319 e. The number of carbonyl (C=O) groups excluding carboxylic acids is 1. The summed E-state index contributed by atoms with van der Waals surface area (Å²) in [6.07, 6.45) is 2.50. The van der Waals surface area contributed by atoms with Crippen LogP contribution in [0.3, 0.4) is 0 Å². The van der Waals surface area contributed by atoms with Gasteiger partial charge >= 0.3 is 5.97 Å². The maximum absolute atomic E-state index is 11.7. The lowest BCUT2D eigenvalue weighted by Crippen LogP contribution is -2.47. The first-order valence-corrected chi connectivity index (χ1v) is 5.59. The van der Waals surface area contributed by atoms with Gasteiger partial charge in [-0.3, -0.25) is 9.59 Å². The Labute approximate surface area is 94.4 Å². The number of hydrogen-bond donors (Lipinski definition) is 2. The number of aliphatic carboxylic acids is 1. The monoisotopic (exact) mass is 230 g/mol. The van der Waals surface area contributed by atoms with Gasteiger partial charge in [-0.15, -0.1) is 0 Å². The fourth-order valence-electron chi connectivity index (χ4n) is 1.95. The number of hydrogen-bond acceptors (Lipinski definition) is 4. The number of carboxylic acids is 1. The molecule has 0 amide bonds. The van der Waals surface area contributed by atoms with E-state index in [1.807, 2.05) is 0 Å². The van der Waals surface area contributed by atoms with Crippen LogP contribution in [0.15, 0.2) is 0 Å². The van der Waals surface area contributed by atoms with Gasteiger partial charge in [-0.1, -0.05) is 12.8 Å². The van der Waals surface area contributed by atoms with Gasteiger partial charge in [-0.2, -0.15) is 0 Å². The molecule has 0 aliphatic carbocycles. The van der Waals surface area contributed by atoms with E-state index in [-0.39, 0.29) is 25.4 Å². The van der Waals surface area contributed by atoms with E-state index in [0.717, 1.165) is 6.42 Å². The molecule has 5 nitrogen and oxygen atoms in total. The second-order valence-electron chi connectivity index (χ2n) is 4.15. The van der Waals surface area contributed by atoms with Crippen molar-refractivity contribution in [1.29, 1.82) is 0 Å². The van der Waals surface area contributed by atoms with Crippen molar-refractivity contribution < 1.29 is 24.5 Å². The minimum atomic E-state index is -1.34. The molecule has 0 radical (unpaired) electrons. The lowest BCUT2D eigenvalue weighted by molar-refractivity contribution is -0.165. The van der Waals surface area contributed by atoms with Crippen molar-refractivity contribution in [3.63, 3.8) is 0 Å². The van der Waals surface area contributed by atoms with Crippen LogP contribution in [0.5, 0.6) is 0 Å². The molecule has 1 atom stereocenters. The van der Waals surface area contributed by atoms with Crippen molar-refractivity contribution in [2.24, 2.45) is 5.41 Å². The second kappa shape index (κ2) is 5.96. The van der Waals surface area contributed by atoms with Crippen LogP contribution >= 0.6 is 0 Å². The first-order chi connectivity index (χ1) is 7.63. The summed E-state index contributed by atoms with van der Waals surface area (Å²) in [5.74, 6) is -1.31. The average Bonchev–Trinajstić information content (AvgIpc) is 2.26. The number of ketones is 1. The molecule has 1 saturated heterocycles. The molecule has 0 saturated carbocycles. The SMILES string of the molecule is O=C(O)C1(CCCCCO)COCCC1=O. The van der Waals surface area contributed by atoms with Crippen LogP contribution in [0.1, 0.15) is 32.1 Å². The van der Waals surface area contributed by atoms with E-state index in [4.69, 9.17) is 14.9 Å². The number of unbranched alkanes of at least 4 members (excludes halogenated alkanes) is 2. The summed E-state index contributed by atoms with van der Waals surface area (Å²) < 4.78 is 5.12. The molecule has 0 bridgehead atoms. The largest absolute Gasteiger partial charge is 0.480 e. The summed E-state index contributed by atoms with van der Waals surface area (Å²) in [5.41, 5.74) is -1.34. The topological polar surface area (TPSA) is 83.8 Å². The van der Waals surface area contributed by atoms with E-state index < -0.39 is 11.4 Å². The predicted octanol–water partition coefficient (Wildman–Crippen LogP) is 0.599. The molecule has 1 heterocycles. The summed E-state index contributed by atoms with van der Waals surface area (Å²) in [5, 5.41) is 17.8. The van der Waals surface area contributed by atoms with Crippen molar-refractivity contribution in [2.45, 2.75) is 32.1 Å². The molecule has 2 N–H and O–H groups in total. The van der Waals surface area contributed by atoms with Gasteiger partial charge in [0.25, 0.3) is 0 Å². The summed E-state index contributed by atoms with van der Waals surface area (Å²) in [4.78, 5) is 22.9. The lowest BCUT2D eigenvalue weighted by Gasteiger charge is -2.31. The molecule has 0 spiro atoms. The van der Waals surface area contributed by atoms with Gasteiger partial charge in [-0.05, 0) is 12.8 Å². The van der Waals surface area contributed by atoms with E-state index in [9.17, 15) is 9.59 Å². The number of carbonyl (C=O) groups is 2. The second-order valence-corrected chi connectivity index (χ2v) is 4.15. The summed E-state index contributed by atoms with van der Waals surface area (Å²) in [7, 11) is 0. The number of carboxylic acid groups (broad SMARTS) is 1. The van der Waals surface area contributed by atoms with E-state index in [0.29, 0.717) is 25.9 Å². The molecule has 1 aliphatic heterocycles. The molecule has 92 valence electrons. The zero-order chi connectivity index (χ0) is 12.0. The third-order valence-corrected chi connectivity index (χ3v) is 3.03. The first-order valence-electron chi connectivity index (χ1n) is 5.59. The Morgan fingerprint density at radius 2 is 2.12 bits per heavy atom. The van der Waals surface area contributed by atoms with Crippen LogP contribution < -0.4 is 0 Å². The third kappa shape index (κ3) is 2.80. The third-order valence-electron chi connectivity index (χ3n) is 3.03. The molecule has 1 unspecified atom stereocenters. The van der Waals surface area contributed by atoms with E-state index >= 15 is 0 Å². The minimum absolute atomic E-state index is 0.0136. The normalized spacial score (nSPS) is 25.7. The highest BCUT2D eigenvalue weighted by molar-refractivity contribution is 6.03. The van der Waals surface area contributed by atoms with Crippen LogP contribution in [0.2, 0.25) is 0 Å². The Morgan fingerprint density at radius 1 is 1.38 bits per heavy atom. The van der Waals surface area contributed by atoms with Gasteiger partial charge in [0.15, 0.2) is 5.78 Å². The van der Waals surface area contributed by atoms with Gasteiger partial charge in [-0.25, -0.2) is 0 Å². The van der Waals surface area contributed by atoms with Crippen molar-refractivity contribution in [3.8, 4) is 0 Å². The minimum Gasteiger partial charge on any atom is -0.480 e. The van der Waals surface area contributed by atoms with E-state index in [1.54, 1.807) is 0 Å². The number of rotatable bonds is 6. The molecular formula is C11H18O5. The van der Waals surface area contributed by atoms with Crippen molar-refractivity contribution >= 4 is 11.8 Å². The van der Waals surface area contributed by atoms with Crippen molar-refractivity contribution in [1.82, 2.24) is 0 Å². The summed E-state index contributed by atoms with van der Waals surface area (Å²) in [6, 6.07) is 0. The van der Waals surface area contributed by atoms with E-state index in [1.165, 1.54) is 0 Å². The van der Waals surface area contributed by atoms with Crippen LogP contribution in [-0.2, 0) is 14.3 Å². The molecule has 0 aromatic rings. The summed E-state index contributed by atoms with van der Waals surface area (Å²) in [6.45, 7) is 0.412. The Bertz CT molecular complexity index is 263. The van der Waals surface area contributed by atoms with Gasteiger partial charge in [0.05, 0.1) is 13.2 Å². The van der Waals surface area contributed by atoms with Crippen molar-refractivity contribution in [2.75, 3.05) is 19.8 Å². The lowest BCUT2D eigenvalue weighted by atomic mass is 9.77. The smallest absolute Gasteiger partial charge is 0.319 e. The van der Waals surface area contributed by atoms with Gasteiger partial charge in [0.1, 0.15) is 5.41 Å². The highest BCUT2D eigenvalue weighted by atomic mass is 16.5. The molecule has 1 aliphatic rings. The van der Waals surface area contributed by atoms with Crippen LogP contribution in [0, 0.1) is 5.41 Å². The van der Waals surface area contributed by atoms with Crippen LogP contribution in [0.4, 0.5) is 0 Å². The Kier molecular flexibility index (Phi) is 4.89. The standard InChI is InChI=1S/C11H18O5/c12-6-3-1-2-5-11(10(14)15)8-16-7-4-9(11)13/h12H,1-8H2,(H,14,15). The molecule has 16 heavy (non-hydrogen) atoms. The van der Waals surface area contributed by atoms with Crippen LogP contribution in [-0.4, -0.2) is 41.8 Å². The number of Topliss-reactive ketones (excluding diaryl/α,β-unsaturated/α-hetero) is 1. The number of aliphatic hydroxyl groups excluding tert-OH is 1. The van der Waals surface area contributed by atoms with Crippen molar-refractivity contribution in [3.05, 3.63) is 0 Å². The highest BCUT2D eigenvalue weighted by Gasteiger charge is 2.47. The highest BCUT2D eigenvalue weighted by Crippen LogP contribution is 2.31. The fraction of sp³-hybridized carbons (Fsp3) is 0.818. The van der Waals surface area contributed by atoms with Gasteiger partial charge in [0.2, 0.25) is 0 Å². The zero-order valence-electron chi connectivity index (χ0n) is 9.28. The number of ether oxygens (including phenoxy) is 1. The number of aliphatic hydroxyl groups is 1. The summed E-state index contributed by atoms with van der Waals surface area (Å²) >= 11 is 0. The zero-order valence-corrected chi connectivity index (χ0v) is 9.28. The Morgan fingerprint density at radius 3 is 2.69 bits per heavy atom. The Hall–Kier alpha value is -0.940. The van der Waals surface area contributed by atoms with E-state index in [2.05, 4.69) is 0 Å². The van der Waals surface area contributed by atoms with Gasteiger partial charge < -0.3 is 14.9 Å². The quantitative estimate of drug-likeness (QED) is 0.515. The molecule has 0 aromatic carbocycles. The Balaban J connectivity index is 2.57. The molecule has 0 aromatic heterocycles. The molecule has 5 heteroatoms. The maximum atomic E-state index is 11.7. The molecular weight excluding hydrogens is 212 g/mol. The van der Waals surface area contributed by atoms with Crippen LogP contribution in [0.25, 0.3) is 0 Å². The first kappa shape index (κ1) is 13.1. The fourth-order valence-corrected chi connectivity index (χ4v) is 1.95. The average molecular weight is 230 g/mol.